The lowest BCUT2D eigenvalue weighted by molar-refractivity contribution is 0.393. The fourth-order valence-electron chi connectivity index (χ4n) is 2.82. The molecule has 0 saturated heterocycles. The van der Waals surface area contributed by atoms with Gasteiger partial charge in [-0.05, 0) is 25.5 Å². The molecule has 2 N–H and O–H groups in total. The van der Waals surface area contributed by atoms with Gasteiger partial charge in [0.25, 0.3) is 0 Å². The minimum Gasteiger partial charge on any atom is -0.383 e. The van der Waals surface area contributed by atoms with Crippen molar-refractivity contribution in [2.45, 2.75) is 13.8 Å². The van der Waals surface area contributed by atoms with E-state index in [0.717, 1.165) is 39.5 Å². The van der Waals surface area contributed by atoms with Crippen LogP contribution in [0.1, 0.15) is 11.5 Å². The van der Waals surface area contributed by atoms with Gasteiger partial charge in [-0.25, -0.2) is 9.97 Å². The molecule has 3 heterocycles. The van der Waals surface area contributed by atoms with E-state index in [1.807, 2.05) is 44.2 Å². The van der Waals surface area contributed by atoms with Gasteiger partial charge in [-0.15, -0.1) is 0 Å². The zero-order chi connectivity index (χ0) is 16.0. The molecule has 0 fully saturated rings. The quantitative estimate of drug-likeness (QED) is 0.614. The fourth-order valence-corrected chi connectivity index (χ4v) is 2.82. The van der Waals surface area contributed by atoms with Crippen LogP contribution in [0.25, 0.3) is 28.0 Å². The third kappa shape index (κ3) is 2.07. The molecule has 0 radical (unpaired) electrons. The first-order valence-electron chi connectivity index (χ1n) is 7.26. The SMILES string of the molecule is Cc1noc(C)c1-c1ccc(-c2nc3ccncn3c2N)cc1. The van der Waals surface area contributed by atoms with Gasteiger partial charge in [-0.1, -0.05) is 29.4 Å². The van der Waals surface area contributed by atoms with Gasteiger partial charge in [0.1, 0.15) is 29.2 Å². The number of fused-ring (bicyclic) bond motifs is 1. The first kappa shape index (κ1) is 13.5. The number of hydrogen-bond acceptors (Lipinski definition) is 5. The topological polar surface area (TPSA) is 82.2 Å². The van der Waals surface area contributed by atoms with Crippen LogP contribution in [0.4, 0.5) is 5.82 Å². The standard InChI is InChI=1S/C17H15N5O/c1-10-15(11(2)23-21-10)12-3-5-13(6-4-12)16-17(18)22-9-19-8-7-14(22)20-16/h3-9H,18H2,1-2H3. The Morgan fingerprint density at radius 3 is 2.43 bits per heavy atom. The summed E-state index contributed by atoms with van der Waals surface area (Å²) in [5.74, 6) is 1.40. The van der Waals surface area contributed by atoms with Crippen LogP contribution in [0, 0.1) is 13.8 Å². The zero-order valence-corrected chi connectivity index (χ0v) is 12.8. The van der Waals surface area contributed by atoms with Crippen molar-refractivity contribution >= 4 is 11.5 Å². The summed E-state index contributed by atoms with van der Waals surface area (Å²) in [5.41, 5.74) is 11.7. The molecular formula is C17H15N5O. The van der Waals surface area contributed by atoms with E-state index in [1.54, 1.807) is 16.9 Å². The Balaban J connectivity index is 1.80. The maximum absolute atomic E-state index is 6.19. The lowest BCUT2D eigenvalue weighted by Crippen LogP contribution is -1.94. The van der Waals surface area contributed by atoms with E-state index in [1.165, 1.54) is 0 Å². The highest BCUT2D eigenvalue weighted by Crippen LogP contribution is 2.31. The Labute approximate surface area is 132 Å². The van der Waals surface area contributed by atoms with E-state index < -0.39 is 0 Å². The van der Waals surface area contributed by atoms with E-state index in [2.05, 4.69) is 15.1 Å². The number of benzene rings is 1. The summed E-state index contributed by atoms with van der Waals surface area (Å²) in [6.07, 6.45) is 3.37. The van der Waals surface area contributed by atoms with E-state index in [-0.39, 0.29) is 0 Å². The van der Waals surface area contributed by atoms with E-state index in [0.29, 0.717) is 5.82 Å². The minimum atomic E-state index is 0.582. The summed E-state index contributed by atoms with van der Waals surface area (Å²) in [7, 11) is 0. The van der Waals surface area contributed by atoms with Crippen molar-refractivity contribution in [1.82, 2.24) is 19.5 Å². The van der Waals surface area contributed by atoms with Crippen LogP contribution in [-0.2, 0) is 0 Å². The molecular weight excluding hydrogens is 290 g/mol. The average molecular weight is 305 g/mol. The van der Waals surface area contributed by atoms with Gasteiger partial charge < -0.3 is 10.3 Å². The largest absolute Gasteiger partial charge is 0.383 e. The van der Waals surface area contributed by atoms with Crippen LogP contribution in [0.5, 0.6) is 0 Å². The third-order valence-electron chi connectivity index (χ3n) is 3.95. The summed E-state index contributed by atoms with van der Waals surface area (Å²) in [6.45, 7) is 3.85. The molecule has 114 valence electrons. The third-order valence-corrected chi connectivity index (χ3v) is 3.95. The Hall–Kier alpha value is -3.15. The number of nitrogen functional groups attached to an aromatic ring is 1. The van der Waals surface area contributed by atoms with E-state index in [9.17, 15) is 0 Å². The van der Waals surface area contributed by atoms with Crippen LogP contribution in [0.2, 0.25) is 0 Å². The van der Waals surface area contributed by atoms with Crippen molar-refractivity contribution in [3.8, 4) is 22.4 Å². The zero-order valence-electron chi connectivity index (χ0n) is 12.8. The monoisotopic (exact) mass is 305 g/mol. The summed E-state index contributed by atoms with van der Waals surface area (Å²) in [6, 6.07) is 9.91. The number of aromatic nitrogens is 4. The highest BCUT2D eigenvalue weighted by atomic mass is 16.5. The van der Waals surface area contributed by atoms with E-state index in [4.69, 9.17) is 10.3 Å². The van der Waals surface area contributed by atoms with Crippen molar-refractivity contribution < 1.29 is 4.52 Å². The Bertz CT molecular complexity index is 978. The predicted molar refractivity (Wildman–Crippen MR) is 87.8 cm³/mol. The number of hydrogen-bond donors (Lipinski definition) is 1. The van der Waals surface area contributed by atoms with Crippen LogP contribution in [0.3, 0.4) is 0 Å². The smallest absolute Gasteiger partial charge is 0.141 e. The Morgan fingerprint density at radius 2 is 1.78 bits per heavy atom. The summed E-state index contributed by atoms with van der Waals surface area (Å²) >= 11 is 0. The second-order valence-electron chi connectivity index (χ2n) is 5.43. The molecule has 4 aromatic rings. The van der Waals surface area contributed by atoms with Gasteiger partial charge in [0.05, 0.1) is 5.69 Å². The van der Waals surface area contributed by atoms with Crippen molar-refractivity contribution in [2.75, 3.05) is 5.73 Å². The van der Waals surface area contributed by atoms with Crippen molar-refractivity contribution in [3.05, 3.63) is 54.3 Å². The molecule has 0 saturated carbocycles. The predicted octanol–water partition coefficient (Wildman–Crippen LogP) is 3.25. The Morgan fingerprint density at radius 1 is 1.04 bits per heavy atom. The molecule has 0 unspecified atom stereocenters. The summed E-state index contributed by atoms with van der Waals surface area (Å²) in [5, 5.41) is 4.00. The van der Waals surface area contributed by atoms with Gasteiger partial charge in [-0.2, -0.15) is 0 Å². The van der Waals surface area contributed by atoms with Gasteiger partial charge in [0.2, 0.25) is 0 Å². The number of aryl methyl sites for hydroxylation is 2. The van der Waals surface area contributed by atoms with Crippen molar-refractivity contribution in [2.24, 2.45) is 0 Å². The van der Waals surface area contributed by atoms with Crippen LogP contribution < -0.4 is 5.73 Å². The molecule has 23 heavy (non-hydrogen) atoms. The lowest BCUT2D eigenvalue weighted by Gasteiger charge is -2.03. The molecule has 0 atom stereocenters. The van der Waals surface area contributed by atoms with Gasteiger partial charge in [0.15, 0.2) is 0 Å². The van der Waals surface area contributed by atoms with Gasteiger partial charge in [0, 0.05) is 17.3 Å². The maximum Gasteiger partial charge on any atom is 0.141 e. The second-order valence-corrected chi connectivity index (χ2v) is 5.43. The highest BCUT2D eigenvalue weighted by molar-refractivity contribution is 5.77. The number of nitrogens with zero attached hydrogens (tertiary/aromatic N) is 4. The minimum absolute atomic E-state index is 0.582. The molecule has 0 bridgehead atoms. The fraction of sp³-hybridized carbons (Fsp3) is 0.118. The number of rotatable bonds is 2. The molecule has 6 nitrogen and oxygen atoms in total. The van der Waals surface area contributed by atoms with Crippen LogP contribution in [0.15, 0.2) is 47.4 Å². The maximum atomic E-state index is 6.19. The number of nitrogens with two attached hydrogens (primary N) is 1. The Kier molecular flexibility index (Phi) is 2.90. The van der Waals surface area contributed by atoms with Crippen LogP contribution >= 0.6 is 0 Å². The molecule has 6 heteroatoms. The molecule has 1 aromatic carbocycles. The van der Waals surface area contributed by atoms with E-state index >= 15 is 0 Å². The van der Waals surface area contributed by atoms with Gasteiger partial charge >= 0.3 is 0 Å². The van der Waals surface area contributed by atoms with Crippen LogP contribution in [-0.4, -0.2) is 19.5 Å². The first-order valence-corrected chi connectivity index (χ1v) is 7.26. The molecule has 0 spiro atoms. The summed E-state index contributed by atoms with van der Waals surface area (Å²) < 4.78 is 7.01. The molecule has 0 aliphatic carbocycles. The average Bonchev–Trinajstić information content (AvgIpc) is 3.08. The molecule has 3 aromatic heterocycles. The lowest BCUT2D eigenvalue weighted by atomic mass is 10.0. The second kappa shape index (κ2) is 4.95. The normalized spacial score (nSPS) is 11.2. The number of anilines is 1. The molecule has 0 aliphatic rings. The van der Waals surface area contributed by atoms with Crippen molar-refractivity contribution in [1.29, 1.82) is 0 Å². The summed E-state index contributed by atoms with van der Waals surface area (Å²) in [4.78, 5) is 8.65. The molecule has 0 aliphatic heterocycles. The van der Waals surface area contributed by atoms with Crippen molar-refractivity contribution in [3.63, 3.8) is 0 Å². The van der Waals surface area contributed by atoms with Gasteiger partial charge in [-0.3, -0.25) is 4.40 Å². The highest BCUT2D eigenvalue weighted by Gasteiger charge is 2.14. The first-order chi connectivity index (χ1) is 11.1. The number of imidazole rings is 1. The molecule has 4 rings (SSSR count). The molecule has 0 amide bonds.